The first-order valence-electron chi connectivity index (χ1n) is 7.26. The quantitative estimate of drug-likeness (QED) is 0.716. The molecule has 4 N–H and O–H groups in total. The van der Waals surface area contributed by atoms with Gasteiger partial charge in [-0.2, -0.15) is 0 Å². The Hall–Kier alpha value is -2.17. The second kappa shape index (κ2) is 6.73. The number of benzene rings is 2. The Labute approximate surface area is 130 Å². The van der Waals surface area contributed by atoms with Crippen LogP contribution in [0.1, 0.15) is 18.9 Å². The smallest absolute Gasteiger partial charge is 0.306 e. The Balaban J connectivity index is 2.06. The molecule has 0 aromatic heterocycles. The van der Waals surface area contributed by atoms with Gasteiger partial charge < -0.3 is 15.9 Å². The third kappa shape index (κ3) is 4.41. The van der Waals surface area contributed by atoms with E-state index < -0.39 is 17.6 Å². The molecule has 0 fully saturated rings. The summed E-state index contributed by atoms with van der Waals surface area (Å²) < 4.78 is 0. The predicted octanol–water partition coefficient (Wildman–Crippen LogP) is 2.65. The molecule has 4 heteroatoms. The van der Waals surface area contributed by atoms with Crippen LogP contribution >= 0.6 is 0 Å². The van der Waals surface area contributed by atoms with Gasteiger partial charge in [0.2, 0.25) is 0 Å². The summed E-state index contributed by atoms with van der Waals surface area (Å²) in [6, 6.07) is 17.8. The number of aliphatic hydroxyl groups is 1. The van der Waals surface area contributed by atoms with Gasteiger partial charge in [-0.05, 0) is 16.7 Å². The summed E-state index contributed by atoms with van der Waals surface area (Å²) in [7, 11) is 0. The molecule has 4 nitrogen and oxygen atoms in total. The summed E-state index contributed by atoms with van der Waals surface area (Å²) in [4.78, 5) is 10.9. The molecule has 0 aliphatic rings. The maximum Gasteiger partial charge on any atom is 0.306 e. The van der Waals surface area contributed by atoms with Crippen molar-refractivity contribution in [2.24, 2.45) is 11.7 Å². The summed E-state index contributed by atoms with van der Waals surface area (Å²) in [5.41, 5.74) is 7.39. The van der Waals surface area contributed by atoms with Gasteiger partial charge in [0, 0.05) is 12.8 Å². The van der Waals surface area contributed by atoms with Crippen molar-refractivity contribution >= 4 is 5.97 Å². The second-order valence-corrected chi connectivity index (χ2v) is 5.79. The molecule has 0 aliphatic carbocycles. The van der Waals surface area contributed by atoms with Gasteiger partial charge in [-0.25, -0.2) is 0 Å². The van der Waals surface area contributed by atoms with Gasteiger partial charge in [-0.1, -0.05) is 61.5 Å². The van der Waals surface area contributed by atoms with Gasteiger partial charge in [0.25, 0.3) is 0 Å². The number of carbonyl (C=O) groups is 1. The molecule has 0 heterocycles. The first-order valence-corrected chi connectivity index (χ1v) is 7.26. The van der Waals surface area contributed by atoms with Crippen molar-refractivity contribution in [1.82, 2.24) is 0 Å². The monoisotopic (exact) mass is 299 g/mol. The minimum atomic E-state index is -1.52. The van der Waals surface area contributed by atoms with Crippen molar-refractivity contribution in [3.8, 4) is 11.1 Å². The third-order valence-electron chi connectivity index (χ3n) is 3.65. The van der Waals surface area contributed by atoms with E-state index in [1.54, 1.807) is 6.92 Å². The van der Waals surface area contributed by atoms with E-state index in [1.165, 1.54) is 0 Å². The van der Waals surface area contributed by atoms with E-state index in [9.17, 15) is 9.90 Å². The molecule has 0 saturated carbocycles. The molecule has 0 saturated heterocycles. The molecule has 2 aromatic carbocycles. The lowest BCUT2D eigenvalue weighted by molar-refractivity contribution is -0.143. The molecule has 116 valence electrons. The largest absolute Gasteiger partial charge is 0.481 e. The fourth-order valence-corrected chi connectivity index (χ4v) is 2.49. The number of hydrogen-bond donors (Lipinski definition) is 3. The summed E-state index contributed by atoms with van der Waals surface area (Å²) in [5, 5.41) is 19.1. The number of nitrogens with two attached hydrogens (primary N) is 1. The molecule has 0 amide bonds. The Morgan fingerprint density at radius 1 is 1.09 bits per heavy atom. The SMILES string of the molecule is C[C@H](C[C@@](N)(O)Cc1ccc(-c2ccccc2)cc1)C(=O)O. The van der Waals surface area contributed by atoms with Crippen LogP contribution in [-0.2, 0) is 11.2 Å². The Morgan fingerprint density at radius 3 is 2.18 bits per heavy atom. The van der Waals surface area contributed by atoms with Crippen molar-refractivity contribution in [2.75, 3.05) is 0 Å². The zero-order valence-corrected chi connectivity index (χ0v) is 12.6. The lowest BCUT2D eigenvalue weighted by Crippen LogP contribution is -2.44. The Kier molecular flexibility index (Phi) is 4.96. The van der Waals surface area contributed by atoms with Crippen LogP contribution in [0.2, 0.25) is 0 Å². The highest BCUT2D eigenvalue weighted by Gasteiger charge is 2.27. The van der Waals surface area contributed by atoms with Crippen LogP contribution in [0.5, 0.6) is 0 Å². The van der Waals surface area contributed by atoms with Crippen molar-refractivity contribution in [2.45, 2.75) is 25.5 Å². The molecule has 22 heavy (non-hydrogen) atoms. The zero-order chi connectivity index (χ0) is 16.2. The van der Waals surface area contributed by atoms with Crippen molar-refractivity contribution < 1.29 is 15.0 Å². The van der Waals surface area contributed by atoms with Crippen molar-refractivity contribution in [3.05, 3.63) is 60.2 Å². The van der Waals surface area contributed by atoms with Crippen LogP contribution in [-0.4, -0.2) is 21.9 Å². The van der Waals surface area contributed by atoms with E-state index >= 15 is 0 Å². The number of rotatable bonds is 6. The highest BCUT2D eigenvalue weighted by molar-refractivity contribution is 5.69. The molecule has 2 atom stereocenters. The van der Waals surface area contributed by atoms with Crippen LogP contribution < -0.4 is 5.73 Å². The zero-order valence-electron chi connectivity index (χ0n) is 12.6. The van der Waals surface area contributed by atoms with E-state index in [4.69, 9.17) is 10.8 Å². The summed E-state index contributed by atoms with van der Waals surface area (Å²) in [6.07, 6.45) is 0.239. The van der Waals surface area contributed by atoms with Crippen molar-refractivity contribution in [3.63, 3.8) is 0 Å². The van der Waals surface area contributed by atoms with Gasteiger partial charge >= 0.3 is 5.97 Å². The van der Waals surface area contributed by atoms with Gasteiger partial charge in [0.1, 0.15) is 5.72 Å². The normalized spacial score (nSPS) is 15.0. The predicted molar refractivity (Wildman–Crippen MR) is 86.1 cm³/mol. The average molecular weight is 299 g/mol. The standard InChI is InChI=1S/C18H21NO3/c1-13(17(20)21)11-18(19,22)12-14-7-9-16(10-8-14)15-5-3-2-4-6-15/h2-10,13,22H,11-12,19H2,1H3,(H,20,21)/t13-,18-/m1/s1. The van der Waals surface area contributed by atoms with E-state index in [2.05, 4.69) is 0 Å². The van der Waals surface area contributed by atoms with E-state index in [-0.39, 0.29) is 12.8 Å². The fourth-order valence-electron chi connectivity index (χ4n) is 2.49. The molecular weight excluding hydrogens is 278 g/mol. The number of carboxylic acids is 1. The lowest BCUT2D eigenvalue weighted by Gasteiger charge is -2.25. The van der Waals surface area contributed by atoms with Crippen LogP contribution in [0.3, 0.4) is 0 Å². The first-order chi connectivity index (χ1) is 10.4. The molecule has 0 spiro atoms. The highest BCUT2D eigenvalue weighted by atomic mass is 16.4. The van der Waals surface area contributed by atoms with E-state index in [0.29, 0.717) is 0 Å². The molecule has 0 unspecified atom stereocenters. The fraction of sp³-hybridized carbons (Fsp3) is 0.278. The third-order valence-corrected chi connectivity index (χ3v) is 3.65. The molecule has 0 radical (unpaired) electrons. The van der Waals surface area contributed by atoms with Crippen LogP contribution in [0.15, 0.2) is 54.6 Å². The Morgan fingerprint density at radius 2 is 1.64 bits per heavy atom. The maximum absolute atomic E-state index is 10.9. The number of aliphatic carboxylic acids is 1. The van der Waals surface area contributed by atoms with Gasteiger partial charge in [-0.3, -0.25) is 4.79 Å². The summed E-state index contributed by atoms with van der Waals surface area (Å²) >= 11 is 0. The molecule has 2 rings (SSSR count). The van der Waals surface area contributed by atoms with E-state index in [0.717, 1.165) is 16.7 Å². The molecule has 0 bridgehead atoms. The number of carboxylic acid groups (broad SMARTS) is 1. The van der Waals surface area contributed by atoms with Gasteiger partial charge in [0.05, 0.1) is 5.92 Å². The van der Waals surface area contributed by atoms with Gasteiger partial charge in [0.15, 0.2) is 0 Å². The Bertz CT molecular complexity index is 621. The van der Waals surface area contributed by atoms with Crippen molar-refractivity contribution in [1.29, 1.82) is 0 Å². The average Bonchev–Trinajstić information content (AvgIpc) is 2.48. The lowest BCUT2D eigenvalue weighted by atomic mass is 9.92. The first kappa shape index (κ1) is 16.2. The second-order valence-electron chi connectivity index (χ2n) is 5.79. The summed E-state index contributed by atoms with van der Waals surface area (Å²) in [6.45, 7) is 1.54. The number of hydrogen-bond acceptors (Lipinski definition) is 3. The summed E-state index contributed by atoms with van der Waals surface area (Å²) in [5.74, 6) is -1.64. The van der Waals surface area contributed by atoms with Crippen LogP contribution in [0.25, 0.3) is 11.1 Å². The van der Waals surface area contributed by atoms with Gasteiger partial charge in [-0.15, -0.1) is 0 Å². The maximum atomic E-state index is 10.9. The molecule has 2 aromatic rings. The minimum absolute atomic E-state index is 0.0166. The minimum Gasteiger partial charge on any atom is -0.481 e. The van der Waals surface area contributed by atoms with E-state index in [1.807, 2.05) is 54.6 Å². The molecule has 0 aliphatic heterocycles. The highest BCUT2D eigenvalue weighted by Crippen LogP contribution is 2.22. The molecular formula is C18H21NO3. The van der Waals surface area contributed by atoms with Crippen LogP contribution in [0.4, 0.5) is 0 Å². The van der Waals surface area contributed by atoms with Crippen LogP contribution in [0, 0.1) is 5.92 Å². The topological polar surface area (TPSA) is 83.5 Å².